The van der Waals surface area contributed by atoms with Gasteiger partial charge in [-0.25, -0.2) is 5.43 Å². The Morgan fingerprint density at radius 3 is 2.60 bits per heavy atom. The van der Waals surface area contributed by atoms with Gasteiger partial charge in [0, 0.05) is 22.5 Å². The fraction of sp³-hybridized carbons (Fsp3) is 0.111. The lowest BCUT2D eigenvalue weighted by Crippen LogP contribution is -2.17. The number of rotatable bonds is 5. The first-order chi connectivity index (χ1) is 12.1. The standard InChI is InChI=1S/C18H17N3O4/c1-24-16-8-12-7-14(20-13(12)9-17(16)25-2)18(23)21-19-10-11-5-3-4-6-15(11)22/h3-10,20,22H,1-2H3,(H,21,23). The van der Waals surface area contributed by atoms with Gasteiger partial charge in [0.15, 0.2) is 11.5 Å². The Balaban J connectivity index is 1.79. The maximum Gasteiger partial charge on any atom is 0.287 e. The highest BCUT2D eigenvalue weighted by atomic mass is 16.5. The number of hydrogen-bond acceptors (Lipinski definition) is 5. The van der Waals surface area contributed by atoms with Crippen LogP contribution >= 0.6 is 0 Å². The molecule has 0 saturated heterocycles. The molecule has 0 atom stereocenters. The van der Waals surface area contributed by atoms with Crippen LogP contribution in [0.15, 0.2) is 47.6 Å². The number of hydrogen-bond donors (Lipinski definition) is 3. The number of phenolic OH excluding ortho intramolecular Hbond substituents is 1. The number of ether oxygens (including phenoxy) is 2. The zero-order valence-corrected chi connectivity index (χ0v) is 13.7. The van der Waals surface area contributed by atoms with Crippen LogP contribution in [0.4, 0.5) is 0 Å². The molecule has 0 aliphatic rings. The number of aromatic nitrogens is 1. The van der Waals surface area contributed by atoms with Gasteiger partial charge in [0.05, 0.1) is 20.4 Å². The first-order valence-electron chi connectivity index (χ1n) is 7.48. The van der Waals surface area contributed by atoms with Gasteiger partial charge in [-0.3, -0.25) is 4.79 Å². The first kappa shape index (κ1) is 16.4. The largest absolute Gasteiger partial charge is 0.507 e. The molecule has 7 heteroatoms. The molecule has 0 spiro atoms. The number of methoxy groups -OCH3 is 2. The summed E-state index contributed by atoms with van der Waals surface area (Å²) in [4.78, 5) is 15.2. The summed E-state index contributed by atoms with van der Waals surface area (Å²) in [6, 6.07) is 11.9. The molecule has 1 heterocycles. The number of benzene rings is 2. The van der Waals surface area contributed by atoms with E-state index in [9.17, 15) is 9.90 Å². The number of fused-ring (bicyclic) bond motifs is 1. The van der Waals surface area contributed by atoms with Gasteiger partial charge in [-0.2, -0.15) is 5.10 Å². The SMILES string of the molecule is COc1cc2cc(C(=O)NN=Cc3ccccc3O)[nH]c2cc1OC. The number of amides is 1. The second-order valence-corrected chi connectivity index (χ2v) is 5.24. The molecule has 2 aromatic carbocycles. The maximum atomic E-state index is 12.2. The quantitative estimate of drug-likeness (QED) is 0.492. The molecule has 3 N–H and O–H groups in total. The lowest BCUT2D eigenvalue weighted by molar-refractivity contribution is 0.0951. The zero-order valence-electron chi connectivity index (χ0n) is 13.7. The highest BCUT2D eigenvalue weighted by molar-refractivity contribution is 5.99. The lowest BCUT2D eigenvalue weighted by atomic mass is 10.2. The van der Waals surface area contributed by atoms with E-state index in [0.29, 0.717) is 22.8 Å². The van der Waals surface area contributed by atoms with Crippen LogP contribution in [0, 0.1) is 0 Å². The average molecular weight is 339 g/mol. The zero-order chi connectivity index (χ0) is 17.8. The number of nitrogens with zero attached hydrogens (tertiary/aromatic N) is 1. The highest BCUT2D eigenvalue weighted by Gasteiger charge is 2.12. The summed E-state index contributed by atoms with van der Waals surface area (Å²) < 4.78 is 10.5. The van der Waals surface area contributed by atoms with Crippen LogP contribution in [0.2, 0.25) is 0 Å². The normalized spacial score (nSPS) is 11.0. The minimum Gasteiger partial charge on any atom is -0.507 e. The van der Waals surface area contributed by atoms with E-state index < -0.39 is 5.91 Å². The molecule has 0 radical (unpaired) electrons. The third kappa shape index (κ3) is 3.40. The topological polar surface area (TPSA) is 95.9 Å². The highest BCUT2D eigenvalue weighted by Crippen LogP contribution is 2.32. The number of aromatic amines is 1. The minimum absolute atomic E-state index is 0.0882. The van der Waals surface area contributed by atoms with E-state index in [0.717, 1.165) is 10.9 Å². The lowest BCUT2D eigenvalue weighted by Gasteiger charge is -2.06. The Hall–Kier alpha value is -3.48. The van der Waals surface area contributed by atoms with Crippen LogP contribution in [-0.2, 0) is 0 Å². The molecule has 0 fully saturated rings. The Bertz CT molecular complexity index is 906. The van der Waals surface area contributed by atoms with Crippen molar-refractivity contribution in [2.45, 2.75) is 0 Å². The Kier molecular flexibility index (Phi) is 4.56. The van der Waals surface area contributed by atoms with Crippen molar-refractivity contribution >= 4 is 23.0 Å². The fourth-order valence-electron chi connectivity index (χ4n) is 2.40. The monoisotopic (exact) mass is 339 g/mol. The molecule has 1 aromatic heterocycles. The predicted octanol–water partition coefficient (Wildman–Crippen LogP) is 2.65. The van der Waals surface area contributed by atoms with E-state index in [4.69, 9.17) is 9.47 Å². The molecule has 25 heavy (non-hydrogen) atoms. The number of nitrogens with one attached hydrogen (secondary N) is 2. The van der Waals surface area contributed by atoms with Crippen LogP contribution in [0.1, 0.15) is 16.1 Å². The summed E-state index contributed by atoms with van der Waals surface area (Å²) in [5, 5.41) is 14.3. The van der Waals surface area contributed by atoms with Gasteiger partial charge < -0.3 is 19.6 Å². The van der Waals surface area contributed by atoms with E-state index in [2.05, 4.69) is 15.5 Å². The van der Waals surface area contributed by atoms with E-state index in [1.54, 1.807) is 56.7 Å². The summed E-state index contributed by atoms with van der Waals surface area (Å²) in [6.07, 6.45) is 1.38. The van der Waals surface area contributed by atoms with Crippen LogP contribution < -0.4 is 14.9 Å². The van der Waals surface area contributed by atoms with Gasteiger partial charge in [-0.05, 0) is 24.3 Å². The van der Waals surface area contributed by atoms with E-state index >= 15 is 0 Å². The van der Waals surface area contributed by atoms with E-state index in [-0.39, 0.29) is 5.75 Å². The summed E-state index contributed by atoms with van der Waals surface area (Å²) in [7, 11) is 3.10. The molecule has 7 nitrogen and oxygen atoms in total. The van der Waals surface area contributed by atoms with Gasteiger partial charge in [-0.15, -0.1) is 0 Å². The van der Waals surface area contributed by atoms with Crippen LogP contribution in [0.5, 0.6) is 17.2 Å². The van der Waals surface area contributed by atoms with Gasteiger partial charge in [0.1, 0.15) is 11.4 Å². The number of H-pyrrole nitrogens is 1. The van der Waals surface area contributed by atoms with Crippen LogP contribution in [0.25, 0.3) is 10.9 Å². The van der Waals surface area contributed by atoms with E-state index in [1.807, 2.05) is 0 Å². The van der Waals surface area contributed by atoms with E-state index in [1.165, 1.54) is 6.21 Å². The van der Waals surface area contributed by atoms with Crippen LogP contribution in [-0.4, -0.2) is 36.4 Å². The molecule has 0 aliphatic heterocycles. The van der Waals surface area contributed by atoms with Crippen molar-refractivity contribution in [2.24, 2.45) is 5.10 Å². The third-order valence-corrected chi connectivity index (χ3v) is 3.68. The molecule has 0 aliphatic carbocycles. The summed E-state index contributed by atoms with van der Waals surface area (Å²) >= 11 is 0. The number of aromatic hydroxyl groups is 1. The number of carbonyl (C=O) groups excluding carboxylic acids is 1. The number of para-hydroxylation sites is 1. The van der Waals surface area contributed by atoms with Crippen molar-refractivity contribution in [1.82, 2.24) is 10.4 Å². The second-order valence-electron chi connectivity index (χ2n) is 5.24. The molecule has 3 aromatic rings. The van der Waals surface area contributed by atoms with Crippen molar-refractivity contribution in [3.63, 3.8) is 0 Å². The Labute approximate surface area is 143 Å². The third-order valence-electron chi connectivity index (χ3n) is 3.68. The molecule has 3 rings (SSSR count). The Morgan fingerprint density at radius 2 is 1.88 bits per heavy atom. The molecular weight excluding hydrogens is 322 g/mol. The molecule has 0 unspecified atom stereocenters. The number of carbonyl (C=O) groups is 1. The van der Waals surface area contributed by atoms with Gasteiger partial charge in [0.2, 0.25) is 0 Å². The smallest absolute Gasteiger partial charge is 0.287 e. The van der Waals surface area contributed by atoms with Gasteiger partial charge >= 0.3 is 0 Å². The summed E-state index contributed by atoms with van der Waals surface area (Å²) in [6.45, 7) is 0. The molecule has 0 bridgehead atoms. The molecular formula is C18H17N3O4. The number of hydrazone groups is 1. The van der Waals surface area contributed by atoms with Gasteiger partial charge in [-0.1, -0.05) is 12.1 Å². The molecule has 128 valence electrons. The number of phenols is 1. The summed E-state index contributed by atoms with van der Waals surface area (Å²) in [5.41, 5.74) is 4.02. The second kappa shape index (κ2) is 6.96. The average Bonchev–Trinajstić information content (AvgIpc) is 3.05. The molecule has 1 amide bonds. The Morgan fingerprint density at radius 1 is 1.16 bits per heavy atom. The molecule has 0 saturated carbocycles. The fourth-order valence-corrected chi connectivity index (χ4v) is 2.40. The minimum atomic E-state index is -0.402. The van der Waals surface area contributed by atoms with Crippen molar-refractivity contribution in [1.29, 1.82) is 0 Å². The van der Waals surface area contributed by atoms with Crippen LogP contribution in [0.3, 0.4) is 0 Å². The van der Waals surface area contributed by atoms with Gasteiger partial charge in [0.25, 0.3) is 5.91 Å². The summed E-state index contributed by atoms with van der Waals surface area (Å²) in [5.74, 6) is 0.839. The van der Waals surface area contributed by atoms with Crippen molar-refractivity contribution < 1.29 is 19.4 Å². The van der Waals surface area contributed by atoms with Crippen molar-refractivity contribution in [3.05, 3.63) is 53.7 Å². The first-order valence-corrected chi connectivity index (χ1v) is 7.48. The van der Waals surface area contributed by atoms with Crippen molar-refractivity contribution in [3.8, 4) is 17.2 Å². The van der Waals surface area contributed by atoms with Crippen molar-refractivity contribution in [2.75, 3.05) is 14.2 Å². The maximum absolute atomic E-state index is 12.2. The predicted molar refractivity (Wildman–Crippen MR) is 94.6 cm³/mol.